The van der Waals surface area contributed by atoms with E-state index in [9.17, 15) is 61.0 Å². The summed E-state index contributed by atoms with van der Waals surface area (Å²) in [5.74, 6) is -0.311. The van der Waals surface area contributed by atoms with Gasteiger partial charge in [-0.1, -0.05) is 118 Å². The molecule has 3 rings (SSSR count). The van der Waals surface area contributed by atoms with E-state index in [2.05, 4.69) is 66.9 Å². The lowest BCUT2D eigenvalue weighted by Crippen LogP contribution is -2.66. The Hall–Kier alpha value is -2.77. The van der Waals surface area contributed by atoms with E-state index in [4.69, 9.17) is 28.4 Å². The van der Waals surface area contributed by atoms with Gasteiger partial charge in [-0.05, 0) is 77.6 Å². The number of ether oxygens (including phenoxy) is 6. The van der Waals surface area contributed by atoms with Gasteiger partial charge in [0.1, 0.15) is 73.2 Å². The van der Waals surface area contributed by atoms with E-state index in [0.29, 0.717) is 12.8 Å². The third-order valence-corrected chi connectivity index (χ3v) is 13.0. The van der Waals surface area contributed by atoms with Crippen LogP contribution in [0.4, 0.5) is 0 Å². The molecule has 3 aliphatic heterocycles. The third kappa shape index (κ3) is 23.2. The number of amides is 1. The molecule has 0 saturated carbocycles. The number of hydrogen-bond donors (Lipinski definition) is 12. The molecule has 19 nitrogen and oxygen atoms in total. The molecule has 0 aromatic carbocycles. The maximum Gasteiger partial charge on any atom is 0.220 e. The predicted molar refractivity (Wildman–Crippen MR) is 272 cm³/mol. The van der Waals surface area contributed by atoms with Crippen LogP contribution in [-0.2, 0) is 33.2 Å². The number of nitrogens with one attached hydrogen (secondary N) is 1. The second kappa shape index (κ2) is 37.9. The molecular formula is C54H91NO18. The maximum atomic E-state index is 13.2. The first-order chi connectivity index (χ1) is 35.3. The zero-order valence-electron chi connectivity index (χ0n) is 43.1. The van der Waals surface area contributed by atoms with Gasteiger partial charge in [0.15, 0.2) is 18.9 Å². The average Bonchev–Trinajstić information content (AvgIpc) is 3.39. The molecule has 3 heterocycles. The standard InChI is InChI=1S/C54H91NO18/c1-3-5-7-9-11-13-14-15-16-17-18-19-20-21-22-24-26-28-30-32-42(60)55-37(38(59)31-29-27-25-23-12-10-8-6-4-2)36-68-52-48(66)45(63)50(40(34-57)70-52)73-54-49(67)46(64)51(41(35-58)71-54)72-53-47(65)44(62)43(61)39(33-56)69-53/h4,6,11-13,15-16,18-19,23,29,31,37-41,43-54,56-59,61-67H,3,5,7-10,14,17,20-22,24-28,30,32-36H2,1-2H3,(H,55,60)/b6-4+,13-11-,16-15-,19-18-,23-12+,31-29+. The molecule has 19 heteroatoms. The predicted octanol–water partition coefficient (Wildman–Crippen LogP) is 2.70. The molecule has 17 unspecified atom stereocenters. The topological polar surface area (TPSA) is 307 Å². The van der Waals surface area contributed by atoms with E-state index < -0.39 is 124 Å². The second-order valence-electron chi connectivity index (χ2n) is 19.0. The van der Waals surface area contributed by atoms with E-state index in [0.717, 1.165) is 77.0 Å². The highest BCUT2D eigenvalue weighted by Gasteiger charge is 2.53. The molecule has 12 N–H and O–H groups in total. The molecule has 420 valence electrons. The first kappa shape index (κ1) is 64.5. The number of carbonyl (C=O) groups excluding carboxylic acids is 1. The number of aliphatic hydroxyl groups excluding tert-OH is 11. The third-order valence-electron chi connectivity index (χ3n) is 13.0. The van der Waals surface area contributed by atoms with Crippen molar-refractivity contribution in [2.45, 2.75) is 234 Å². The Labute approximate surface area is 432 Å². The van der Waals surface area contributed by atoms with E-state index in [-0.39, 0.29) is 18.9 Å². The Morgan fingerprint density at radius 1 is 0.521 bits per heavy atom. The largest absolute Gasteiger partial charge is 0.394 e. The molecule has 17 atom stereocenters. The van der Waals surface area contributed by atoms with Crippen molar-refractivity contribution in [1.29, 1.82) is 0 Å². The van der Waals surface area contributed by atoms with Gasteiger partial charge in [-0.3, -0.25) is 4.79 Å². The summed E-state index contributed by atoms with van der Waals surface area (Å²) in [6.45, 7) is 1.37. The quantitative estimate of drug-likeness (QED) is 0.0317. The first-order valence-corrected chi connectivity index (χ1v) is 26.7. The summed E-state index contributed by atoms with van der Waals surface area (Å²) in [6.07, 6.45) is 15.0. The van der Waals surface area contributed by atoms with Crippen LogP contribution in [0.5, 0.6) is 0 Å². The van der Waals surface area contributed by atoms with Crippen LogP contribution in [0, 0.1) is 0 Å². The van der Waals surface area contributed by atoms with Gasteiger partial charge >= 0.3 is 0 Å². The molecule has 3 fully saturated rings. The van der Waals surface area contributed by atoms with Gasteiger partial charge in [0.2, 0.25) is 5.91 Å². The molecule has 3 saturated heterocycles. The van der Waals surface area contributed by atoms with Crippen LogP contribution in [0.2, 0.25) is 0 Å². The minimum atomic E-state index is -1.98. The summed E-state index contributed by atoms with van der Waals surface area (Å²) in [5.41, 5.74) is 0. The summed E-state index contributed by atoms with van der Waals surface area (Å²) in [5, 5.41) is 119. The minimum Gasteiger partial charge on any atom is -0.394 e. The smallest absolute Gasteiger partial charge is 0.220 e. The van der Waals surface area contributed by atoms with Crippen LogP contribution in [0.25, 0.3) is 0 Å². The van der Waals surface area contributed by atoms with Crippen LogP contribution in [0.15, 0.2) is 72.9 Å². The lowest BCUT2D eigenvalue weighted by Gasteiger charge is -2.48. The monoisotopic (exact) mass is 1040 g/mol. The van der Waals surface area contributed by atoms with Gasteiger partial charge in [0, 0.05) is 6.42 Å². The molecule has 3 aliphatic rings. The fourth-order valence-electron chi connectivity index (χ4n) is 8.59. The molecule has 0 aromatic heterocycles. The normalized spacial score (nSPS) is 32.3. The van der Waals surface area contributed by atoms with Gasteiger partial charge < -0.3 is 89.9 Å². The Kier molecular flexibility index (Phi) is 33.5. The van der Waals surface area contributed by atoms with Crippen LogP contribution in [0.1, 0.15) is 129 Å². The van der Waals surface area contributed by atoms with Crippen LogP contribution < -0.4 is 5.32 Å². The van der Waals surface area contributed by atoms with Crippen molar-refractivity contribution in [3.8, 4) is 0 Å². The van der Waals surface area contributed by atoms with Gasteiger partial charge in [-0.2, -0.15) is 0 Å². The summed E-state index contributed by atoms with van der Waals surface area (Å²) in [7, 11) is 0. The zero-order valence-corrected chi connectivity index (χ0v) is 43.1. The van der Waals surface area contributed by atoms with E-state index in [1.807, 2.05) is 13.0 Å². The summed E-state index contributed by atoms with van der Waals surface area (Å²) in [6, 6.07) is -1.00. The Morgan fingerprint density at radius 2 is 0.973 bits per heavy atom. The first-order valence-electron chi connectivity index (χ1n) is 26.7. The number of unbranched alkanes of at least 4 members (excludes halogenated alkanes) is 11. The van der Waals surface area contributed by atoms with Crippen molar-refractivity contribution in [2.75, 3.05) is 26.4 Å². The molecule has 0 aromatic rings. The fourth-order valence-corrected chi connectivity index (χ4v) is 8.59. The van der Waals surface area contributed by atoms with Crippen LogP contribution in [0.3, 0.4) is 0 Å². The summed E-state index contributed by atoms with van der Waals surface area (Å²) >= 11 is 0. The van der Waals surface area contributed by atoms with E-state index in [1.54, 1.807) is 12.2 Å². The Bertz CT molecular complexity index is 1620. The number of carbonyl (C=O) groups is 1. The van der Waals surface area contributed by atoms with Crippen molar-refractivity contribution in [1.82, 2.24) is 5.32 Å². The number of aliphatic hydroxyl groups is 11. The number of rotatable bonds is 36. The zero-order chi connectivity index (χ0) is 53.4. The molecule has 0 bridgehead atoms. The van der Waals surface area contributed by atoms with Crippen molar-refractivity contribution in [3.05, 3.63) is 72.9 Å². The highest BCUT2D eigenvalue weighted by molar-refractivity contribution is 5.76. The fraction of sp³-hybridized carbons (Fsp3) is 0.759. The van der Waals surface area contributed by atoms with Crippen molar-refractivity contribution in [2.24, 2.45) is 0 Å². The molecule has 0 aliphatic carbocycles. The van der Waals surface area contributed by atoms with E-state index >= 15 is 0 Å². The van der Waals surface area contributed by atoms with Crippen molar-refractivity contribution < 1.29 is 89.4 Å². The van der Waals surface area contributed by atoms with Gasteiger partial charge in [-0.25, -0.2) is 0 Å². The number of allylic oxidation sites excluding steroid dienone is 11. The minimum absolute atomic E-state index is 0.213. The molecule has 73 heavy (non-hydrogen) atoms. The van der Waals surface area contributed by atoms with Gasteiger partial charge in [0.05, 0.1) is 38.6 Å². The molecule has 0 spiro atoms. The number of hydrogen-bond acceptors (Lipinski definition) is 18. The SMILES string of the molecule is C/C=C/CC/C=C/CC/C=C/C(O)C(COC1OC(CO)C(OC2OC(CO)C(OC3OC(CO)C(O)C(O)C3O)C(O)C2O)C(O)C1O)NC(=O)CCCCCCCC/C=C\C/C=C\C/C=C\CCCCC. The molecular weight excluding hydrogens is 951 g/mol. The van der Waals surface area contributed by atoms with Crippen molar-refractivity contribution >= 4 is 5.91 Å². The highest BCUT2D eigenvalue weighted by Crippen LogP contribution is 2.33. The lowest BCUT2D eigenvalue weighted by molar-refractivity contribution is -0.379. The molecule has 0 radical (unpaired) electrons. The Balaban J connectivity index is 1.52. The second-order valence-corrected chi connectivity index (χ2v) is 19.0. The van der Waals surface area contributed by atoms with Gasteiger partial charge in [-0.15, -0.1) is 0 Å². The van der Waals surface area contributed by atoms with Crippen molar-refractivity contribution in [3.63, 3.8) is 0 Å². The van der Waals surface area contributed by atoms with Gasteiger partial charge in [0.25, 0.3) is 0 Å². The maximum absolute atomic E-state index is 13.2. The highest BCUT2D eigenvalue weighted by atomic mass is 16.8. The van der Waals surface area contributed by atoms with E-state index in [1.165, 1.54) is 19.3 Å². The summed E-state index contributed by atoms with van der Waals surface area (Å²) < 4.78 is 34.0. The molecule has 1 amide bonds. The average molecular weight is 1040 g/mol. The van der Waals surface area contributed by atoms with Crippen LogP contribution >= 0.6 is 0 Å². The summed E-state index contributed by atoms with van der Waals surface area (Å²) in [4.78, 5) is 13.2. The lowest BCUT2D eigenvalue weighted by atomic mass is 9.96. The Morgan fingerprint density at radius 3 is 1.53 bits per heavy atom. The van der Waals surface area contributed by atoms with Crippen LogP contribution in [-0.4, -0.2) is 193 Å².